The van der Waals surface area contributed by atoms with Gasteiger partial charge in [0.05, 0.1) is 44.6 Å². The maximum absolute atomic E-state index is 5.95. The molecule has 0 amide bonds. The summed E-state index contributed by atoms with van der Waals surface area (Å²) in [4.78, 5) is 8.44. The van der Waals surface area contributed by atoms with E-state index in [2.05, 4.69) is 9.97 Å². The van der Waals surface area contributed by atoms with Gasteiger partial charge in [-0.3, -0.25) is 9.97 Å². The van der Waals surface area contributed by atoms with Crippen molar-refractivity contribution in [2.45, 2.75) is 0 Å². The van der Waals surface area contributed by atoms with Crippen LogP contribution >= 0.6 is 0 Å². The smallest absolute Gasteiger partial charge is 0.149 e. The van der Waals surface area contributed by atoms with Gasteiger partial charge >= 0.3 is 0 Å². The predicted molar refractivity (Wildman–Crippen MR) is 85.7 cm³/mol. The van der Waals surface area contributed by atoms with Crippen LogP contribution in [0.2, 0.25) is 0 Å². The molecule has 6 nitrogen and oxygen atoms in total. The van der Waals surface area contributed by atoms with Gasteiger partial charge in [-0.1, -0.05) is 0 Å². The third-order valence-corrected chi connectivity index (χ3v) is 3.35. The second-order valence-corrected chi connectivity index (χ2v) is 4.70. The molecule has 0 aliphatic heterocycles. The SMILES string of the molecule is COc1cncc(Oc2ccnc3cc(OC)cc(OC)c23)c1. The summed E-state index contributed by atoms with van der Waals surface area (Å²) in [6.07, 6.45) is 4.90. The molecule has 0 fully saturated rings. The molecule has 2 heterocycles. The standard InChI is InChI=1S/C17H16N2O4/c1-20-11-7-14-17(16(8-11)22-3)15(4-5-19-14)23-13-6-12(21-2)9-18-10-13/h4-10H,1-3H3. The average molecular weight is 312 g/mol. The lowest BCUT2D eigenvalue weighted by Gasteiger charge is -2.13. The molecule has 2 aromatic heterocycles. The summed E-state index contributed by atoms with van der Waals surface area (Å²) >= 11 is 0. The van der Waals surface area contributed by atoms with Gasteiger partial charge in [0.15, 0.2) is 0 Å². The fourth-order valence-corrected chi connectivity index (χ4v) is 2.25. The first-order valence-corrected chi connectivity index (χ1v) is 6.92. The molecule has 0 saturated carbocycles. The van der Waals surface area contributed by atoms with Gasteiger partial charge in [0.25, 0.3) is 0 Å². The first-order chi connectivity index (χ1) is 11.2. The lowest BCUT2D eigenvalue weighted by atomic mass is 10.1. The number of pyridine rings is 2. The van der Waals surface area contributed by atoms with E-state index in [-0.39, 0.29) is 0 Å². The van der Waals surface area contributed by atoms with Gasteiger partial charge in [-0.05, 0) is 6.07 Å². The molecule has 6 heteroatoms. The fraction of sp³-hybridized carbons (Fsp3) is 0.176. The minimum Gasteiger partial charge on any atom is -0.497 e. The molecule has 0 spiro atoms. The van der Waals surface area contributed by atoms with Crippen LogP contribution in [-0.2, 0) is 0 Å². The quantitative estimate of drug-likeness (QED) is 0.719. The maximum Gasteiger partial charge on any atom is 0.149 e. The molecule has 118 valence electrons. The molecule has 0 saturated heterocycles. The van der Waals surface area contributed by atoms with Gasteiger partial charge in [-0.2, -0.15) is 0 Å². The van der Waals surface area contributed by atoms with Gasteiger partial charge in [-0.25, -0.2) is 0 Å². The Morgan fingerprint density at radius 3 is 2.30 bits per heavy atom. The third-order valence-electron chi connectivity index (χ3n) is 3.35. The van der Waals surface area contributed by atoms with Gasteiger partial charge in [0.1, 0.15) is 28.7 Å². The van der Waals surface area contributed by atoms with Crippen LogP contribution < -0.4 is 18.9 Å². The number of hydrogen-bond acceptors (Lipinski definition) is 6. The van der Waals surface area contributed by atoms with Crippen molar-refractivity contribution < 1.29 is 18.9 Å². The van der Waals surface area contributed by atoms with E-state index in [1.165, 1.54) is 0 Å². The zero-order chi connectivity index (χ0) is 16.2. The number of ether oxygens (including phenoxy) is 4. The maximum atomic E-state index is 5.95. The number of hydrogen-bond donors (Lipinski definition) is 0. The molecule has 0 aliphatic rings. The summed E-state index contributed by atoms with van der Waals surface area (Å²) in [5, 5.41) is 0.763. The van der Waals surface area contributed by atoms with Crippen LogP contribution in [0.1, 0.15) is 0 Å². The number of rotatable bonds is 5. The topological polar surface area (TPSA) is 62.7 Å². The number of methoxy groups -OCH3 is 3. The van der Waals surface area contributed by atoms with Crippen LogP contribution in [-0.4, -0.2) is 31.3 Å². The Bertz CT molecular complexity index is 836. The minimum atomic E-state index is 0.565. The van der Waals surface area contributed by atoms with E-state index >= 15 is 0 Å². The highest BCUT2D eigenvalue weighted by Crippen LogP contribution is 2.38. The van der Waals surface area contributed by atoms with Gasteiger partial charge in [0.2, 0.25) is 0 Å². The Hall–Kier alpha value is -3.02. The monoisotopic (exact) mass is 312 g/mol. The van der Waals surface area contributed by atoms with Crippen molar-refractivity contribution >= 4 is 10.9 Å². The normalized spacial score (nSPS) is 10.4. The Morgan fingerprint density at radius 1 is 0.783 bits per heavy atom. The second kappa shape index (κ2) is 6.39. The zero-order valence-electron chi connectivity index (χ0n) is 13.1. The predicted octanol–water partition coefficient (Wildman–Crippen LogP) is 3.45. The van der Waals surface area contributed by atoms with Crippen LogP contribution in [0.15, 0.2) is 42.9 Å². The molecule has 0 atom stereocenters. The Morgan fingerprint density at radius 2 is 1.57 bits per heavy atom. The van der Waals surface area contributed by atoms with Crippen molar-refractivity contribution in [1.29, 1.82) is 0 Å². The third kappa shape index (κ3) is 2.96. The molecule has 0 N–H and O–H groups in total. The molecule has 0 unspecified atom stereocenters. The summed E-state index contributed by atoms with van der Waals surface area (Å²) in [6, 6.07) is 7.15. The first kappa shape index (κ1) is 14.9. The fourth-order valence-electron chi connectivity index (χ4n) is 2.25. The molecule has 0 radical (unpaired) electrons. The van der Waals surface area contributed by atoms with Gasteiger partial charge < -0.3 is 18.9 Å². The molecule has 0 bridgehead atoms. The largest absolute Gasteiger partial charge is 0.497 e. The van der Waals surface area contributed by atoms with E-state index in [4.69, 9.17) is 18.9 Å². The van der Waals surface area contributed by atoms with E-state index in [9.17, 15) is 0 Å². The highest BCUT2D eigenvalue weighted by molar-refractivity contribution is 5.92. The summed E-state index contributed by atoms with van der Waals surface area (Å²) in [5.74, 6) is 3.09. The average Bonchev–Trinajstić information content (AvgIpc) is 2.61. The first-order valence-electron chi connectivity index (χ1n) is 6.92. The van der Waals surface area contributed by atoms with E-state index in [1.807, 2.05) is 6.07 Å². The lowest BCUT2D eigenvalue weighted by Crippen LogP contribution is -1.94. The van der Waals surface area contributed by atoms with Crippen molar-refractivity contribution in [3.8, 4) is 28.7 Å². The van der Waals surface area contributed by atoms with E-state index in [0.29, 0.717) is 28.7 Å². The molecule has 1 aromatic carbocycles. The van der Waals surface area contributed by atoms with E-state index in [1.54, 1.807) is 58.1 Å². The van der Waals surface area contributed by atoms with E-state index < -0.39 is 0 Å². The van der Waals surface area contributed by atoms with Crippen molar-refractivity contribution in [2.24, 2.45) is 0 Å². The summed E-state index contributed by atoms with van der Waals surface area (Å²) in [7, 11) is 4.78. The van der Waals surface area contributed by atoms with Crippen LogP contribution in [0.4, 0.5) is 0 Å². The molecular formula is C17H16N2O4. The molecule has 3 rings (SSSR count). The molecule has 3 aromatic rings. The Kier molecular flexibility index (Phi) is 4.14. The summed E-state index contributed by atoms with van der Waals surface area (Å²) in [6.45, 7) is 0. The highest BCUT2D eigenvalue weighted by atomic mass is 16.5. The number of nitrogens with zero attached hydrogens (tertiary/aromatic N) is 2. The van der Waals surface area contributed by atoms with Gasteiger partial charge in [-0.15, -0.1) is 0 Å². The van der Waals surface area contributed by atoms with Gasteiger partial charge in [0, 0.05) is 24.4 Å². The molecular weight excluding hydrogens is 296 g/mol. The summed E-state index contributed by atoms with van der Waals surface area (Å²) in [5.41, 5.74) is 0.717. The minimum absolute atomic E-state index is 0.565. The number of aromatic nitrogens is 2. The number of fused-ring (bicyclic) bond motifs is 1. The zero-order valence-corrected chi connectivity index (χ0v) is 13.1. The van der Waals surface area contributed by atoms with Crippen molar-refractivity contribution in [1.82, 2.24) is 9.97 Å². The Balaban J connectivity index is 2.10. The lowest BCUT2D eigenvalue weighted by molar-refractivity contribution is 0.395. The van der Waals surface area contributed by atoms with Crippen molar-refractivity contribution in [3.05, 3.63) is 42.9 Å². The van der Waals surface area contributed by atoms with Crippen molar-refractivity contribution in [2.75, 3.05) is 21.3 Å². The van der Waals surface area contributed by atoms with Crippen LogP contribution in [0.5, 0.6) is 28.7 Å². The molecule has 23 heavy (non-hydrogen) atoms. The van der Waals surface area contributed by atoms with Crippen LogP contribution in [0, 0.1) is 0 Å². The Labute approximate surface area is 133 Å². The number of benzene rings is 1. The second-order valence-electron chi connectivity index (χ2n) is 4.70. The summed E-state index contributed by atoms with van der Waals surface area (Å²) < 4.78 is 21.8. The van der Waals surface area contributed by atoms with E-state index in [0.717, 1.165) is 10.9 Å². The van der Waals surface area contributed by atoms with Crippen LogP contribution in [0.25, 0.3) is 10.9 Å². The van der Waals surface area contributed by atoms with Crippen molar-refractivity contribution in [3.63, 3.8) is 0 Å². The highest BCUT2D eigenvalue weighted by Gasteiger charge is 2.13. The molecule has 0 aliphatic carbocycles. The van der Waals surface area contributed by atoms with Crippen LogP contribution in [0.3, 0.4) is 0 Å².